The normalized spacial score (nSPS) is 11.1. The Labute approximate surface area is 151 Å². The molecule has 0 saturated carbocycles. The maximum atomic E-state index is 4.78. The highest BCUT2D eigenvalue weighted by Crippen LogP contribution is 2.28. The lowest BCUT2D eigenvalue weighted by molar-refractivity contribution is 1.35. The third-order valence-electron chi connectivity index (χ3n) is 4.73. The second-order valence-electron chi connectivity index (χ2n) is 6.35. The van der Waals surface area contributed by atoms with Crippen LogP contribution in [-0.2, 0) is 0 Å². The Balaban J connectivity index is 1.57. The molecule has 122 valence electrons. The lowest BCUT2D eigenvalue weighted by atomic mass is 10.0. The first kappa shape index (κ1) is 14.8. The molecule has 0 fully saturated rings. The minimum absolute atomic E-state index is 0.987. The molecule has 5 aromatic rings. The molecule has 3 aromatic carbocycles. The van der Waals surface area contributed by atoms with Gasteiger partial charge in [-0.05, 0) is 23.6 Å². The molecule has 0 spiro atoms. The van der Waals surface area contributed by atoms with Gasteiger partial charge in [-0.1, -0.05) is 72.8 Å². The first-order valence-electron chi connectivity index (χ1n) is 8.69. The fraction of sp³-hybridized carbons (Fsp3) is 0. The van der Waals surface area contributed by atoms with Crippen molar-refractivity contribution in [3.63, 3.8) is 0 Å². The predicted molar refractivity (Wildman–Crippen MR) is 108 cm³/mol. The molecule has 0 amide bonds. The van der Waals surface area contributed by atoms with Gasteiger partial charge in [0.1, 0.15) is 0 Å². The summed E-state index contributed by atoms with van der Waals surface area (Å²) in [6.07, 6.45) is 1.87. The topological polar surface area (TPSA) is 25.8 Å². The molecule has 0 unspecified atom stereocenters. The number of hydrogen-bond donors (Lipinski definition) is 0. The van der Waals surface area contributed by atoms with Crippen molar-refractivity contribution < 1.29 is 0 Å². The summed E-state index contributed by atoms with van der Waals surface area (Å²) in [5.74, 6) is 0. The van der Waals surface area contributed by atoms with Gasteiger partial charge in [-0.3, -0.25) is 4.98 Å². The number of hydrogen-bond acceptors (Lipinski definition) is 2. The summed E-state index contributed by atoms with van der Waals surface area (Å²) in [6, 6.07) is 31.3. The van der Waals surface area contributed by atoms with Gasteiger partial charge in [0.2, 0.25) is 0 Å². The molecular weight excluding hydrogens is 316 g/mol. The molecule has 0 N–H and O–H groups in total. The zero-order chi connectivity index (χ0) is 17.3. The number of rotatable bonds is 2. The van der Waals surface area contributed by atoms with Gasteiger partial charge in [0, 0.05) is 28.1 Å². The van der Waals surface area contributed by atoms with Crippen LogP contribution in [0.15, 0.2) is 97.2 Å². The van der Waals surface area contributed by atoms with Gasteiger partial charge in [0.05, 0.1) is 16.9 Å². The van der Waals surface area contributed by atoms with Crippen molar-refractivity contribution in [2.45, 2.75) is 0 Å². The van der Waals surface area contributed by atoms with Crippen molar-refractivity contribution in [1.82, 2.24) is 9.97 Å². The molecule has 2 aromatic heterocycles. The van der Waals surface area contributed by atoms with E-state index >= 15 is 0 Å². The molecule has 0 aliphatic carbocycles. The maximum Gasteiger partial charge on any atom is 0.0780 e. The van der Waals surface area contributed by atoms with E-state index in [-0.39, 0.29) is 0 Å². The third-order valence-corrected chi connectivity index (χ3v) is 4.73. The molecule has 0 radical (unpaired) electrons. The number of nitrogens with zero attached hydrogens (tertiary/aromatic N) is 2. The molecule has 26 heavy (non-hydrogen) atoms. The van der Waals surface area contributed by atoms with Crippen LogP contribution in [0.3, 0.4) is 0 Å². The maximum absolute atomic E-state index is 4.78. The zero-order valence-corrected chi connectivity index (χ0v) is 14.1. The predicted octanol–water partition coefficient (Wildman–Crippen LogP) is 6.12. The molecule has 0 atom stereocenters. The van der Waals surface area contributed by atoms with Crippen molar-refractivity contribution in [3.8, 4) is 22.5 Å². The fourth-order valence-corrected chi connectivity index (χ4v) is 3.38. The highest BCUT2D eigenvalue weighted by Gasteiger charge is 2.06. The SMILES string of the molecule is c1ccc2nc(-c3ccc(-c4nccc5ccccc45)cc3)ccc2c1. The quantitative estimate of drug-likeness (QED) is 0.389. The molecule has 0 bridgehead atoms. The van der Waals surface area contributed by atoms with Gasteiger partial charge in [0.25, 0.3) is 0 Å². The van der Waals surface area contributed by atoms with Crippen LogP contribution in [0.2, 0.25) is 0 Å². The Bertz CT molecular complexity index is 1220. The standard InChI is InChI=1S/C24H16N2/c1-3-7-21-17(5-1)15-16-25-24(21)20-11-9-19(10-12-20)23-14-13-18-6-2-4-8-22(18)26-23/h1-16H. The van der Waals surface area contributed by atoms with E-state index in [1.54, 1.807) is 0 Å². The van der Waals surface area contributed by atoms with Crippen molar-refractivity contribution in [3.05, 3.63) is 97.2 Å². The Morgan fingerprint density at radius 2 is 1.27 bits per heavy atom. The van der Waals surface area contributed by atoms with E-state index in [1.807, 2.05) is 30.5 Å². The minimum atomic E-state index is 0.987. The zero-order valence-electron chi connectivity index (χ0n) is 14.1. The van der Waals surface area contributed by atoms with E-state index in [2.05, 4.69) is 71.7 Å². The molecule has 0 aliphatic rings. The Kier molecular flexibility index (Phi) is 3.46. The molecule has 0 saturated heterocycles. The summed E-state index contributed by atoms with van der Waals surface area (Å²) in [7, 11) is 0. The molecule has 0 aliphatic heterocycles. The summed E-state index contributed by atoms with van der Waals surface area (Å²) >= 11 is 0. The van der Waals surface area contributed by atoms with Crippen LogP contribution >= 0.6 is 0 Å². The molecule has 5 rings (SSSR count). The molecule has 2 nitrogen and oxygen atoms in total. The van der Waals surface area contributed by atoms with Gasteiger partial charge in [-0.15, -0.1) is 0 Å². The van der Waals surface area contributed by atoms with Crippen LogP contribution in [0, 0.1) is 0 Å². The highest BCUT2D eigenvalue weighted by atomic mass is 14.7. The summed E-state index contributed by atoms with van der Waals surface area (Å²) in [5.41, 5.74) is 5.25. The average molecular weight is 332 g/mol. The van der Waals surface area contributed by atoms with E-state index in [1.165, 1.54) is 10.8 Å². The molecule has 2 heterocycles. The highest BCUT2D eigenvalue weighted by molar-refractivity contribution is 5.94. The van der Waals surface area contributed by atoms with Crippen LogP contribution in [-0.4, -0.2) is 9.97 Å². The number of benzene rings is 3. The average Bonchev–Trinajstić information content (AvgIpc) is 2.73. The van der Waals surface area contributed by atoms with Crippen LogP contribution in [0.1, 0.15) is 0 Å². The summed E-state index contributed by atoms with van der Waals surface area (Å²) in [5, 5.41) is 3.54. The largest absolute Gasteiger partial charge is 0.256 e. The second-order valence-corrected chi connectivity index (χ2v) is 6.35. The number of fused-ring (bicyclic) bond motifs is 2. The van der Waals surface area contributed by atoms with Crippen LogP contribution < -0.4 is 0 Å². The summed E-state index contributed by atoms with van der Waals surface area (Å²) in [6.45, 7) is 0. The van der Waals surface area contributed by atoms with E-state index in [4.69, 9.17) is 4.98 Å². The van der Waals surface area contributed by atoms with Gasteiger partial charge in [-0.25, -0.2) is 4.98 Å². The fourth-order valence-electron chi connectivity index (χ4n) is 3.38. The van der Waals surface area contributed by atoms with Crippen molar-refractivity contribution in [2.75, 3.05) is 0 Å². The van der Waals surface area contributed by atoms with E-state index in [9.17, 15) is 0 Å². The Hall–Kier alpha value is -3.52. The van der Waals surface area contributed by atoms with Crippen molar-refractivity contribution >= 4 is 21.7 Å². The van der Waals surface area contributed by atoms with Crippen LogP contribution in [0.4, 0.5) is 0 Å². The number of pyridine rings is 2. The van der Waals surface area contributed by atoms with Gasteiger partial charge in [-0.2, -0.15) is 0 Å². The number of aromatic nitrogens is 2. The lowest BCUT2D eigenvalue weighted by Crippen LogP contribution is -1.88. The van der Waals surface area contributed by atoms with Gasteiger partial charge < -0.3 is 0 Å². The summed E-state index contributed by atoms with van der Waals surface area (Å²) < 4.78 is 0. The van der Waals surface area contributed by atoms with Crippen LogP contribution in [0.5, 0.6) is 0 Å². The third kappa shape index (κ3) is 2.52. The van der Waals surface area contributed by atoms with Gasteiger partial charge in [0.15, 0.2) is 0 Å². The molecular formula is C24H16N2. The summed E-state index contributed by atoms with van der Waals surface area (Å²) in [4.78, 5) is 9.39. The Morgan fingerprint density at radius 1 is 0.538 bits per heavy atom. The first-order chi connectivity index (χ1) is 12.9. The van der Waals surface area contributed by atoms with E-state index in [0.29, 0.717) is 0 Å². The van der Waals surface area contributed by atoms with Crippen LogP contribution in [0.25, 0.3) is 44.2 Å². The Morgan fingerprint density at radius 3 is 2.15 bits per heavy atom. The van der Waals surface area contributed by atoms with Crippen molar-refractivity contribution in [2.24, 2.45) is 0 Å². The smallest absolute Gasteiger partial charge is 0.0780 e. The van der Waals surface area contributed by atoms with Gasteiger partial charge >= 0.3 is 0 Å². The van der Waals surface area contributed by atoms with E-state index in [0.717, 1.165) is 33.4 Å². The minimum Gasteiger partial charge on any atom is -0.256 e. The van der Waals surface area contributed by atoms with Crippen molar-refractivity contribution in [1.29, 1.82) is 0 Å². The first-order valence-corrected chi connectivity index (χ1v) is 8.69. The molecule has 2 heteroatoms. The van der Waals surface area contributed by atoms with E-state index < -0.39 is 0 Å². The number of para-hydroxylation sites is 1. The second kappa shape index (κ2) is 6.08. The monoisotopic (exact) mass is 332 g/mol. The lowest BCUT2D eigenvalue weighted by Gasteiger charge is -2.07.